The van der Waals surface area contributed by atoms with Crippen molar-refractivity contribution in [2.45, 2.75) is 13.3 Å². The zero-order chi connectivity index (χ0) is 14.5. The highest BCUT2D eigenvalue weighted by Crippen LogP contribution is 2.16. The van der Waals surface area contributed by atoms with Gasteiger partial charge in [-0.3, -0.25) is 4.79 Å². The van der Waals surface area contributed by atoms with Crippen molar-refractivity contribution in [2.75, 3.05) is 18.9 Å². The van der Waals surface area contributed by atoms with Crippen LogP contribution in [0.2, 0.25) is 0 Å². The molecule has 1 aromatic carbocycles. The Balaban J connectivity index is 1.98. The van der Waals surface area contributed by atoms with Crippen molar-refractivity contribution in [3.63, 3.8) is 0 Å². The van der Waals surface area contributed by atoms with E-state index in [1.807, 2.05) is 50.0 Å². The molecule has 0 spiro atoms. The number of carbonyl (C=O) groups is 1. The zero-order valence-electron chi connectivity index (χ0n) is 12.1. The fourth-order valence-electron chi connectivity index (χ4n) is 2.08. The standard InChI is InChI=1S/C15H20N4O/c1-11-4-5-13(16-2)12(10-11)15(20)18-7-6-14-17-8-9-19(14)3/h4-5,8-10,16H,6-7H2,1-3H3,(H,18,20). The van der Waals surface area contributed by atoms with Crippen LogP contribution in [-0.4, -0.2) is 29.1 Å². The Morgan fingerprint density at radius 1 is 1.40 bits per heavy atom. The molecule has 5 nitrogen and oxygen atoms in total. The predicted molar refractivity (Wildman–Crippen MR) is 80.0 cm³/mol. The van der Waals surface area contributed by atoms with E-state index in [9.17, 15) is 4.79 Å². The second kappa shape index (κ2) is 6.23. The number of aromatic nitrogens is 2. The van der Waals surface area contributed by atoms with Gasteiger partial charge >= 0.3 is 0 Å². The number of hydrogen-bond acceptors (Lipinski definition) is 3. The number of rotatable bonds is 5. The van der Waals surface area contributed by atoms with Crippen LogP contribution in [0.15, 0.2) is 30.6 Å². The molecule has 0 atom stereocenters. The SMILES string of the molecule is CNc1ccc(C)cc1C(=O)NCCc1nccn1C. The summed E-state index contributed by atoms with van der Waals surface area (Å²) in [5, 5.41) is 5.97. The van der Waals surface area contributed by atoms with Crippen LogP contribution in [0.5, 0.6) is 0 Å². The van der Waals surface area contributed by atoms with Gasteiger partial charge in [0.2, 0.25) is 0 Å². The molecule has 1 aromatic heterocycles. The maximum Gasteiger partial charge on any atom is 0.253 e. The molecule has 0 saturated carbocycles. The smallest absolute Gasteiger partial charge is 0.253 e. The molecule has 1 amide bonds. The number of anilines is 1. The second-order valence-corrected chi connectivity index (χ2v) is 4.76. The largest absolute Gasteiger partial charge is 0.387 e. The highest BCUT2D eigenvalue weighted by atomic mass is 16.1. The van der Waals surface area contributed by atoms with Gasteiger partial charge in [-0.15, -0.1) is 0 Å². The lowest BCUT2D eigenvalue weighted by molar-refractivity contribution is 0.0954. The summed E-state index contributed by atoms with van der Waals surface area (Å²) in [6, 6.07) is 5.79. The van der Waals surface area contributed by atoms with Crippen LogP contribution in [0.25, 0.3) is 0 Å². The fourth-order valence-corrected chi connectivity index (χ4v) is 2.08. The third kappa shape index (κ3) is 3.17. The van der Waals surface area contributed by atoms with Crippen LogP contribution in [0.3, 0.4) is 0 Å². The van der Waals surface area contributed by atoms with Crippen LogP contribution in [0, 0.1) is 6.92 Å². The number of nitrogens with zero attached hydrogens (tertiary/aromatic N) is 2. The molecule has 0 radical (unpaired) electrons. The van der Waals surface area contributed by atoms with Gasteiger partial charge in [-0.05, 0) is 19.1 Å². The van der Waals surface area contributed by atoms with Gasteiger partial charge in [0.25, 0.3) is 5.91 Å². The van der Waals surface area contributed by atoms with Crippen LogP contribution >= 0.6 is 0 Å². The Bertz CT molecular complexity index is 604. The van der Waals surface area contributed by atoms with E-state index in [2.05, 4.69) is 15.6 Å². The van der Waals surface area contributed by atoms with Crippen molar-refractivity contribution in [3.05, 3.63) is 47.5 Å². The molecule has 2 N–H and O–H groups in total. The van der Waals surface area contributed by atoms with Crippen molar-refractivity contribution < 1.29 is 4.79 Å². The molecule has 20 heavy (non-hydrogen) atoms. The van der Waals surface area contributed by atoms with E-state index in [1.165, 1.54) is 0 Å². The average Bonchev–Trinajstić information content (AvgIpc) is 2.84. The van der Waals surface area contributed by atoms with Crippen molar-refractivity contribution >= 4 is 11.6 Å². The minimum atomic E-state index is -0.0627. The summed E-state index contributed by atoms with van der Waals surface area (Å²) in [6.07, 6.45) is 4.38. The molecule has 106 valence electrons. The van der Waals surface area contributed by atoms with E-state index in [0.29, 0.717) is 12.1 Å². The average molecular weight is 272 g/mol. The number of amides is 1. The lowest BCUT2D eigenvalue weighted by atomic mass is 10.1. The normalized spacial score (nSPS) is 10.3. The number of nitrogens with one attached hydrogen (secondary N) is 2. The summed E-state index contributed by atoms with van der Waals surface area (Å²) in [5.41, 5.74) is 2.58. The highest BCUT2D eigenvalue weighted by Gasteiger charge is 2.10. The minimum absolute atomic E-state index is 0.0627. The first-order chi connectivity index (χ1) is 9.61. The van der Waals surface area contributed by atoms with Gasteiger partial charge in [0, 0.05) is 45.1 Å². The number of benzene rings is 1. The minimum Gasteiger partial charge on any atom is -0.387 e. The van der Waals surface area contributed by atoms with Gasteiger partial charge in [0.05, 0.1) is 5.56 Å². The van der Waals surface area contributed by atoms with Crippen LogP contribution in [0.4, 0.5) is 5.69 Å². The van der Waals surface area contributed by atoms with Gasteiger partial charge in [-0.1, -0.05) is 11.6 Å². The first-order valence-electron chi connectivity index (χ1n) is 6.64. The van der Waals surface area contributed by atoms with Crippen molar-refractivity contribution in [2.24, 2.45) is 7.05 Å². The van der Waals surface area contributed by atoms with E-state index in [-0.39, 0.29) is 5.91 Å². The first kappa shape index (κ1) is 14.1. The monoisotopic (exact) mass is 272 g/mol. The molecule has 0 bridgehead atoms. The van der Waals surface area contributed by atoms with Gasteiger partial charge in [-0.25, -0.2) is 4.98 Å². The Hall–Kier alpha value is -2.30. The number of aryl methyl sites for hydroxylation is 2. The maximum absolute atomic E-state index is 12.2. The molecule has 0 unspecified atom stereocenters. The molecule has 1 heterocycles. The summed E-state index contributed by atoms with van der Waals surface area (Å²) in [4.78, 5) is 16.4. The summed E-state index contributed by atoms with van der Waals surface area (Å²) < 4.78 is 1.96. The Morgan fingerprint density at radius 3 is 2.85 bits per heavy atom. The van der Waals surface area contributed by atoms with E-state index < -0.39 is 0 Å². The maximum atomic E-state index is 12.2. The molecule has 0 saturated heterocycles. The summed E-state index contributed by atoms with van der Waals surface area (Å²) in [6.45, 7) is 2.55. The molecule has 2 rings (SSSR count). The third-order valence-electron chi connectivity index (χ3n) is 3.24. The van der Waals surface area contributed by atoms with Crippen molar-refractivity contribution in [1.29, 1.82) is 0 Å². The Morgan fingerprint density at radius 2 is 2.20 bits per heavy atom. The lowest BCUT2D eigenvalue weighted by Crippen LogP contribution is -2.27. The van der Waals surface area contributed by atoms with Crippen LogP contribution in [-0.2, 0) is 13.5 Å². The van der Waals surface area contributed by atoms with E-state index >= 15 is 0 Å². The molecule has 0 aliphatic rings. The fraction of sp³-hybridized carbons (Fsp3) is 0.333. The van der Waals surface area contributed by atoms with Gasteiger partial charge in [0.15, 0.2) is 0 Å². The van der Waals surface area contributed by atoms with Crippen LogP contribution in [0.1, 0.15) is 21.7 Å². The molecule has 5 heteroatoms. The van der Waals surface area contributed by atoms with Gasteiger partial charge in [0.1, 0.15) is 5.82 Å². The summed E-state index contributed by atoms with van der Waals surface area (Å²) in [7, 11) is 3.76. The molecule has 0 fully saturated rings. The molecular weight excluding hydrogens is 252 g/mol. The number of hydrogen-bond donors (Lipinski definition) is 2. The summed E-state index contributed by atoms with van der Waals surface area (Å²) >= 11 is 0. The number of carbonyl (C=O) groups excluding carboxylic acids is 1. The molecule has 0 aliphatic carbocycles. The first-order valence-corrected chi connectivity index (χ1v) is 6.64. The van der Waals surface area contributed by atoms with E-state index in [4.69, 9.17) is 0 Å². The second-order valence-electron chi connectivity index (χ2n) is 4.76. The van der Waals surface area contributed by atoms with Gasteiger partial charge < -0.3 is 15.2 Å². The van der Waals surface area contributed by atoms with E-state index in [0.717, 1.165) is 23.5 Å². The van der Waals surface area contributed by atoms with E-state index in [1.54, 1.807) is 6.20 Å². The third-order valence-corrected chi connectivity index (χ3v) is 3.24. The van der Waals surface area contributed by atoms with Crippen LogP contribution < -0.4 is 10.6 Å². The van der Waals surface area contributed by atoms with Gasteiger partial charge in [-0.2, -0.15) is 0 Å². The molecular formula is C15H20N4O. The quantitative estimate of drug-likeness (QED) is 0.871. The highest BCUT2D eigenvalue weighted by molar-refractivity contribution is 5.99. The molecule has 2 aromatic rings. The Labute approximate surface area is 119 Å². The topological polar surface area (TPSA) is 59.0 Å². The zero-order valence-corrected chi connectivity index (χ0v) is 12.1. The molecule has 0 aliphatic heterocycles. The summed E-state index contributed by atoms with van der Waals surface area (Å²) in [5.74, 6) is 0.899. The Kier molecular flexibility index (Phi) is 4.40. The van der Waals surface area contributed by atoms with Crippen molar-refractivity contribution in [3.8, 4) is 0 Å². The van der Waals surface area contributed by atoms with Crippen molar-refractivity contribution in [1.82, 2.24) is 14.9 Å². The predicted octanol–water partition coefficient (Wildman–Crippen LogP) is 1.74. The number of imidazole rings is 1. The lowest BCUT2D eigenvalue weighted by Gasteiger charge is -2.10.